The van der Waals surface area contributed by atoms with Crippen molar-refractivity contribution in [1.29, 1.82) is 0 Å². The number of rotatable bonds is 4. The summed E-state index contributed by atoms with van der Waals surface area (Å²) in [6, 6.07) is 11.4. The van der Waals surface area contributed by atoms with E-state index in [1.807, 2.05) is 0 Å². The van der Waals surface area contributed by atoms with Crippen LogP contribution in [0.15, 0.2) is 48.5 Å². The average Bonchev–Trinajstić information content (AvgIpc) is 2.80. The highest BCUT2D eigenvalue weighted by molar-refractivity contribution is 6.20. The van der Waals surface area contributed by atoms with Crippen LogP contribution >= 0.6 is 0 Å². The zero-order valence-corrected chi connectivity index (χ0v) is 12.2. The first-order valence-electron chi connectivity index (χ1n) is 7.03. The van der Waals surface area contributed by atoms with Crippen molar-refractivity contribution in [1.82, 2.24) is 5.06 Å². The molecule has 0 fully saturated rings. The highest BCUT2D eigenvalue weighted by Gasteiger charge is 2.38. The van der Waals surface area contributed by atoms with Gasteiger partial charge in [0.25, 0.3) is 18.2 Å². The number of benzene rings is 2. The van der Waals surface area contributed by atoms with Crippen LogP contribution in [0.2, 0.25) is 0 Å². The monoisotopic (exact) mass is 331 g/mol. The summed E-state index contributed by atoms with van der Waals surface area (Å²) < 4.78 is 25.3. The molecule has 2 aromatic carbocycles. The molecule has 122 valence electrons. The lowest BCUT2D eigenvalue weighted by molar-refractivity contribution is -0.167. The third-order valence-corrected chi connectivity index (χ3v) is 3.50. The largest absolute Gasteiger partial charge is 0.337 e. The number of alkyl halides is 2. The second-order valence-corrected chi connectivity index (χ2v) is 5.14. The maximum Gasteiger partial charge on any atom is 0.337 e. The fraction of sp³-hybridized carbons (Fsp3) is 0.118. The Morgan fingerprint density at radius 3 is 2.21 bits per heavy atom. The molecule has 2 amide bonds. The van der Waals surface area contributed by atoms with Crippen molar-refractivity contribution in [3.8, 4) is 0 Å². The zero-order chi connectivity index (χ0) is 17.3. The minimum atomic E-state index is -2.66. The van der Waals surface area contributed by atoms with Crippen LogP contribution in [0.3, 0.4) is 0 Å². The molecule has 0 aromatic heterocycles. The molecule has 1 heterocycles. The highest BCUT2D eigenvalue weighted by atomic mass is 19.3. The molecular formula is C17H11F2NO4. The van der Waals surface area contributed by atoms with E-state index < -0.39 is 24.2 Å². The molecule has 0 spiro atoms. The minimum Gasteiger partial charge on any atom is -0.329 e. The fourth-order valence-corrected chi connectivity index (χ4v) is 2.39. The van der Waals surface area contributed by atoms with Gasteiger partial charge in [-0.25, -0.2) is 13.6 Å². The van der Waals surface area contributed by atoms with Gasteiger partial charge in [-0.05, 0) is 23.8 Å². The average molecular weight is 331 g/mol. The first kappa shape index (κ1) is 15.8. The summed E-state index contributed by atoms with van der Waals surface area (Å²) in [5, 5.41) is 0.393. The number of carbonyl (C=O) groups is 3. The van der Waals surface area contributed by atoms with E-state index in [9.17, 15) is 23.2 Å². The number of nitrogens with zero attached hydrogens (tertiary/aromatic N) is 1. The summed E-state index contributed by atoms with van der Waals surface area (Å²) in [7, 11) is 0. The van der Waals surface area contributed by atoms with Gasteiger partial charge in [-0.15, -0.1) is 0 Å². The van der Waals surface area contributed by atoms with Crippen LogP contribution in [0.1, 0.15) is 38.3 Å². The van der Waals surface area contributed by atoms with Crippen molar-refractivity contribution in [2.75, 3.05) is 0 Å². The fourth-order valence-electron chi connectivity index (χ4n) is 2.39. The maximum absolute atomic E-state index is 12.7. The van der Waals surface area contributed by atoms with Gasteiger partial charge in [0, 0.05) is 5.56 Å². The summed E-state index contributed by atoms with van der Waals surface area (Å²) in [5.74, 6) is -2.36. The maximum atomic E-state index is 12.7. The molecule has 1 aliphatic heterocycles. The summed E-state index contributed by atoms with van der Waals surface area (Å²) in [6.45, 7) is 0. The molecular weight excluding hydrogens is 320 g/mol. The number of imide groups is 1. The Morgan fingerprint density at radius 1 is 1.00 bits per heavy atom. The molecule has 0 aliphatic carbocycles. The predicted molar refractivity (Wildman–Crippen MR) is 78.1 cm³/mol. The van der Waals surface area contributed by atoms with E-state index in [0.717, 1.165) is 0 Å². The topological polar surface area (TPSA) is 63.7 Å². The van der Waals surface area contributed by atoms with E-state index in [-0.39, 0.29) is 23.1 Å². The van der Waals surface area contributed by atoms with Crippen LogP contribution in [0.5, 0.6) is 0 Å². The number of hydrogen-bond acceptors (Lipinski definition) is 4. The summed E-state index contributed by atoms with van der Waals surface area (Å²) in [4.78, 5) is 40.9. The molecule has 0 N–H and O–H groups in total. The van der Waals surface area contributed by atoms with Crippen molar-refractivity contribution in [2.24, 2.45) is 0 Å². The third kappa shape index (κ3) is 2.88. The number of halogens is 2. The second kappa shape index (κ2) is 6.19. The Balaban J connectivity index is 1.71. The first-order chi connectivity index (χ1) is 11.5. The van der Waals surface area contributed by atoms with E-state index in [4.69, 9.17) is 4.84 Å². The molecule has 24 heavy (non-hydrogen) atoms. The van der Waals surface area contributed by atoms with Gasteiger partial charge in [0.05, 0.1) is 17.5 Å². The summed E-state index contributed by atoms with van der Waals surface area (Å²) in [6.07, 6.45) is -2.99. The third-order valence-electron chi connectivity index (χ3n) is 3.50. The van der Waals surface area contributed by atoms with Gasteiger partial charge >= 0.3 is 5.97 Å². The number of amides is 2. The molecule has 3 rings (SSSR count). The van der Waals surface area contributed by atoms with Crippen LogP contribution < -0.4 is 0 Å². The van der Waals surface area contributed by atoms with Crippen molar-refractivity contribution in [3.63, 3.8) is 0 Å². The van der Waals surface area contributed by atoms with Gasteiger partial charge in [0.15, 0.2) is 0 Å². The molecule has 0 saturated heterocycles. The van der Waals surface area contributed by atoms with Crippen LogP contribution in [-0.2, 0) is 16.1 Å². The zero-order valence-electron chi connectivity index (χ0n) is 12.2. The van der Waals surface area contributed by atoms with Gasteiger partial charge in [-0.3, -0.25) is 9.59 Å². The van der Waals surface area contributed by atoms with Crippen LogP contribution in [-0.4, -0.2) is 22.8 Å². The lowest BCUT2D eigenvalue weighted by Crippen LogP contribution is -2.33. The molecule has 2 aromatic rings. The van der Waals surface area contributed by atoms with Crippen molar-refractivity contribution in [3.05, 3.63) is 70.8 Å². The molecule has 7 heteroatoms. The van der Waals surface area contributed by atoms with Gasteiger partial charge in [0.2, 0.25) is 0 Å². The van der Waals surface area contributed by atoms with Crippen molar-refractivity contribution in [2.45, 2.75) is 12.8 Å². The number of hydrogen-bond donors (Lipinski definition) is 0. The van der Waals surface area contributed by atoms with Crippen LogP contribution in [0.25, 0.3) is 0 Å². The predicted octanol–water partition coefficient (Wildman–Crippen LogP) is 2.92. The Hall–Kier alpha value is -3.09. The lowest BCUT2D eigenvalue weighted by atomic mass is 10.1. The van der Waals surface area contributed by atoms with Crippen LogP contribution in [0.4, 0.5) is 8.78 Å². The van der Waals surface area contributed by atoms with Gasteiger partial charge < -0.3 is 4.84 Å². The normalized spacial score (nSPS) is 13.4. The van der Waals surface area contributed by atoms with E-state index in [2.05, 4.69) is 0 Å². The Labute approximate surface area is 135 Å². The molecule has 0 atom stereocenters. The molecule has 0 bridgehead atoms. The number of carbonyl (C=O) groups excluding carboxylic acids is 3. The molecule has 0 saturated carbocycles. The smallest absolute Gasteiger partial charge is 0.329 e. The first-order valence-corrected chi connectivity index (χ1v) is 7.03. The summed E-state index contributed by atoms with van der Waals surface area (Å²) in [5.41, 5.74) is 0.375. The molecule has 5 nitrogen and oxygen atoms in total. The second-order valence-electron chi connectivity index (χ2n) is 5.14. The molecule has 0 unspecified atom stereocenters. The van der Waals surface area contributed by atoms with E-state index in [1.54, 1.807) is 12.1 Å². The summed E-state index contributed by atoms with van der Waals surface area (Å²) >= 11 is 0. The van der Waals surface area contributed by atoms with E-state index in [1.165, 1.54) is 36.4 Å². The number of hydroxylamine groups is 2. The quantitative estimate of drug-likeness (QED) is 0.808. The Kier molecular flexibility index (Phi) is 4.07. The SMILES string of the molecule is O=C(Cc1cccc(C(F)F)c1)ON1C(=O)c2ccccc2C1=O. The highest BCUT2D eigenvalue weighted by Crippen LogP contribution is 2.23. The lowest BCUT2D eigenvalue weighted by Gasteiger charge is -2.13. The van der Waals surface area contributed by atoms with Crippen molar-refractivity contribution >= 4 is 17.8 Å². The van der Waals surface area contributed by atoms with Crippen molar-refractivity contribution < 1.29 is 28.0 Å². The van der Waals surface area contributed by atoms with Gasteiger partial charge in [-0.2, -0.15) is 0 Å². The number of fused-ring (bicyclic) bond motifs is 1. The van der Waals surface area contributed by atoms with E-state index in [0.29, 0.717) is 10.6 Å². The van der Waals surface area contributed by atoms with Gasteiger partial charge in [-0.1, -0.05) is 35.4 Å². The molecule has 0 radical (unpaired) electrons. The van der Waals surface area contributed by atoms with E-state index >= 15 is 0 Å². The Bertz CT molecular complexity index is 800. The Morgan fingerprint density at radius 2 is 1.62 bits per heavy atom. The molecule has 1 aliphatic rings. The van der Waals surface area contributed by atoms with Gasteiger partial charge in [0.1, 0.15) is 0 Å². The van der Waals surface area contributed by atoms with Crippen LogP contribution in [0, 0.1) is 0 Å². The standard InChI is InChI=1S/C17H11F2NO4/c18-15(19)11-5-3-4-10(8-11)9-14(21)24-20-16(22)12-6-1-2-7-13(12)17(20)23/h1-8,15H,9H2. The minimum absolute atomic E-state index is 0.148.